The highest BCUT2D eigenvalue weighted by Gasteiger charge is 2.30. The van der Waals surface area contributed by atoms with Crippen molar-refractivity contribution in [3.05, 3.63) is 29.3 Å². The third-order valence-electron chi connectivity index (χ3n) is 3.26. The van der Waals surface area contributed by atoms with Crippen LogP contribution in [-0.4, -0.2) is 23.0 Å². The van der Waals surface area contributed by atoms with Gasteiger partial charge in [-0.25, -0.2) is 8.78 Å². The highest BCUT2D eigenvalue weighted by molar-refractivity contribution is 8.00. The number of hydrogen-bond acceptors (Lipinski definition) is 3. The molecule has 1 saturated heterocycles. The predicted octanol–water partition coefficient (Wildman–Crippen LogP) is 2.56. The van der Waals surface area contributed by atoms with Crippen molar-refractivity contribution in [3.63, 3.8) is 0 Å². The van der Waals surface area contributed by atoms with Crippen molar-refractivity contribution in [2.75, 3.05) is 18.0 Å². The first-order valence-electron chi connectivity index (χ1n) is 6.08. The number of nitrogens with two attached hydrogens (primary N) is 1. The van der Waals surface area contributed by atoms with E-state index in [1.807, 2.05) is 11.8 Å². The number of carbonyl (C=O) groups excluding carboxylic acids is 1. The maximum atomic E-state index is 13.1. The van der Waals surface area contributed by atoms with E-state index in [4.69, 9.17) is 5.73 Å². The topological polar surface area (TPSA) is 55.1 Å². The van der Waals surface area contributed by atoms with Gasteiger partial charge in [0.1, 0.15) is 0 Å². The molecule has 0 aromatic heterocycles. The van der Waals surface area contributed by atoms with Crippen LogP contribution in [-0.2, 0) is 0 Å². The molecule has 0 aliphatic carbocycles. The Morgan fingerprint density at radius 3 is 2.79 bits per heavy atom. The summed E-state index contributed by atoms with van der Waals surface area (Å²) in [6, 6.07) is 1.67. The van der Waals surface area contributed by atoms with Crippen molar-refractivity contribution in [3.8, 4) is 0 Å². The van der Waals surface area contributed by atoms with Crippen LogP contribution in [0.1, 0.15) is 30.1 Å². The summed E-state index contributed by atoms with van der Waals surface area (Å²) in [7, 11) is 0. The second-order valence-electron chi connectivity index (χ2n) is 4.94. The van der Waals surface area contributed by atoms with Gasteiger partial charge in [-0.3, -0.25) is 4.79 Å². The van der Waals surface area contributed by atoms with Crippen LogP contribution >= 0.6 is 11.8 Å². The molecule has 1 fully saturated rings. The van der Waals surface area contributed by atoms with E-state index in [9.17, 15) is 13.6 Å². The number of carbonyl (C=O) groups is 1. The number of halogens is 2. The van der Waals surface area contributed by atoms with Gasteiger partial charge in [0.2, 0.25) is 0 Å². The van der Waals surface area contributed by atoms with E-state index < -0.39 is 17.5 Å². The monoisotopic (exact) mass is 286 g/mol. The van der Waals surface area contributed by atoms with E-state index >= 15 is 0 Å². The Kier molecular flexibility index (Phi) is 3.99. The maximum absolute atomic E-state index is 13.1. The van der Waals surface area contributed by atoms with Gasteiger partial charge in [-0.1, -0.05) is 0 Å². The third-order valence-corrected chi connectivity index (χ3v) is 4.80. The SMILES string of the molecule is CC1(CNC(=O)c2cc(F)c(F)cc2N)CCCS1. The molecule has 0 saturated carbocycles. The molecule has 3 N–H and O–H groups in total. The Labute approximate surface area is 114 Å². The number of rotatable bonds is 3. The zero-order valence-electron chi connectivity index (χ0n) is 10.6. The first-order valence-corrected chi connectivity index (χ1v) is 7.06. The van der Waals surface area contributed by atoms with E-state index in [1.165, 1.54) is 0 Å². The molecule has 6 heteroatoms. The highest BCUT2D eigenvalue weighted by atomic mass is 32.2. The molecule has 1 aromatic carbocycles. The Balaban J connectivity index is 2.06. The third kappa shape index (κ3) is 3.18. The van der Waals surface area contributed by atoms with Crippen LogP contribution in [0.25, 0.3) is 0 Å². The molecule has 19 heavy (non-hydrogen) atoms. The average Bonchev–Trinajstić information content (AvgIpc) is 2.78. The minimum absolute atomic E-state index is 0.0169. The molecule has 0 spiro atoms. The van der Waals surface area contributed by atoms with Crippen molar-refractivity contribution in [1.29, 1.82) is 0 Å². The normalized spacial score (nSPS) is 22.5. The second kappa shape index (κ2) is 5.36. The molecule has 3 nitrogen and oxygen atoms in total. The molecule has 1 unspecified atom stereocenters. The smallest absolute Gasteiger partial charge is 0.253 e. The van der Waals surface area contributed by atoms with Crippen molar-refractivity contribution in [2.24, 2.45) is 0 Å². The lowest BCUT2D eigenvalue weighted by Gasteiger charge is -2.23. The van der Waals surface area contributed by atoms with Gasteiger partial charge in [0, 0.05) is 23.0 Å². The number of amides is 1. The van der Waals surface area contributed by atoms with Gasteiger partial charge in [0.15, 0.2) is 11.6 Å². The quantitative estimate of drug-likeness (QED) is 0.840. The lowest BCUT2D eigenvalue weighted by atomic mass is 10.1. The number of nitrogens with one attached hydrogen (secondary N) is 1. The zero-order chi connectivity index (χ0) is 14.0. The van der Waals surface area contributed by atoms with Crippen molar-refractivity contribution in [2.45, 2.75) is 24.5 Å². The van der Waals surface area contributed by atoms with E-state index in [0.717, 1.165) is 30.7 Å². The molecule has 1 aliphatic heterocycles. The fourth-order valence-corrected chi connectivity index (χ4v) is 3.34. The van der Waals surface area contributed by atoms with E-state index in [1.54, 1.807) is 0 Å². The zero-order valence-corrected chi connectivity index (χ0v) is 11.4. The van der Waals surface area contributed by atoms with Crippen LogP contribution in [0, 0.1) is 11.6 Å². The molecular weight excluding hydrogens is 270 g/mol. The number of hydrogen-bond donors (Lipinski definition) is 2. The predicted molar refractivity (Wildman–Crippen MR) is 73.2 cm³/mol. The number of nitrogen functional groups attached to an aromatic ring is 1. The largest absolute Gasteiger partial charge is 0.398 e. The molecule has 2 rings (SSSR count). The summed E-state index contributed by atoms with van der Waals surface area (Å²) < 4.78 is 26.1. The second-order valence-corrected chi connectivity index (χ2v) is 6.62. The lowest BCUT2D eigenvalue weighted by molar-refractivity contribution is 0.0950. The molecule has 104 valence electrons. The van der Waals surface area contributed by atoms with Crippen LogP contribution in [0.2, 0.25) is 0 Å². The molecule has 1 amide bonds. The van der Waals surface area contributed by atoms with Gasteiger partial charge in [-0.15, -0.1) is 0 Å². The minimum atomic E-state index is -1.07. The van der Waals surface area contributed by atoms with E-state index in [0.29, 0.717) is 6.54 Å². The standard InChI is InChI=1S/C13H16F2N2OS/c1-13(3-2-4-19-13)7-17-12(18)8-5-9(14)10(15)6-11(8)16/h5-6H,2-4,7,16H2,1H3,(H,17,18). The maximum Gasteiger partial charge on any atom is 0.253 e. The van der Waals surface area contributed by atoms with Gasteiger partial charge in [0.25, 0.3) is 5.91 Å². The van der Waals surface area contributed by atoms with E-state index in [-0.39, 0.29) is 16.0 Å². The van der Waals surface area contributed by atoms with Crippen molar-refractivity contribution >= 4 is 23.4 Å². The fraction of sp³-hybridized carbons (Fsp3) is 0.462. The summed E-state index contributed by atoms with van der Waals surface area (Å²) in [6.07, 6.45) is 2.16. The molecule has 0 radical (unpaired) electrons. The highest BCUT2D eigenvalue weighted by Crippen LogP contribution is 2.37. The van der Waals surface area contributed by atoms with Crippen LogP contribution in [0.4, 0.5) is 14.5 Å². The molecule has 0 bridgehead atoms. The Morgan fingerprint density at radius 2 is 2.16 bits per heavy atom. The lowest BCUT2D eigenvalue weighted by Crippen LogP contribution is -2.37. The van der Waals surface area contributed by atoms with Gasteiger partial charge < -0.3 is 11.1 Å². The Morgan fingerprint density at radius 1 is 1.47 bits per heavy atom. The summed E-state index contributed by atoms with van der Waals surface area (Å²) in [5, 5.41) is 2.74. The minimum Gasteiger partial charge on any atom is -0.398 e. The van der Waals surface area contributed by atoms with Crippen molar-refractivity contribution in [1.82, 2.24) is 5.32 Å². The Hall–Kier alpha value is -1.30. The van der Waals surface area contributed by atoms with Gasteiger partial charge >= 0.3 is 0 Å². The summed E-state index contributed by atoms with van der Waals surface area (Å²) in [5.74, 6) is -1.50. The van der Waals surface area contributed by atoms with Crippen LogP contribution < -0.4 is 11.1 Å². The summed E-state index contributed by atoms with van der Waals surface area (Å²) >= 11 is 1.81. The van der Waals surface area contributed by atoms with Gasteiger partial charge in [-0.05, 0) is 31.6 Å². The molecular formula is C13H16F2N2OS. The number of thioether (sulfide) groups is 1. The average molecular weight is 286 g/mol. The molecule has 1 aliphatic rings. The summed E-state index contributed by atoms with van der Waals surface area (Å²) in [6.45, 7) is 2.58. The Bertz CT molecular complexity index is 502. The van der Waals surface area contributed by atoms with Crippen LogP contribution in [0.15, 0.2) is 12.1 Å². The van der Waals surface area contributed by atoms with Crippen LogP contribution in [0.3, 0.4) is 0 Å². The molecule has 1 aromatic rings. The fourth-order valence-electron chi connectivity index (χ4n) is 2.10. The molecule has 1 atom stereocenters. The van der Waals surface area contributed by atoms with Gasteiger partial charge in [-0.2, -0.15) is 11.8 Å². The van der Waals surface area contributed by atoms with Crippen LogP contribution in [0.5, 0.6) is 0 Å². The summed E-state index contributed by atoms with van der Waals surface area (Å²) in [5.41, 5.74) is 5.46. The first kappa shape index (κ1) is 14.1. The number of anilines is 1. The first-order chi connectivity index (χ1) is 8.91. The van der Waals surface area contributed by atoms with Gasteiger partial charge in [0.05, 0.1) is 5.56 Å². The molecule has 1 heterocycles. The summed E-state index contributed by atoms with van der Waals surface area (Å²) in [4.78, 5) is 11.9. The number of benzene rings is 1. The van der Waals surface area contributed by atoms with E-state index in [2.05, 4.69) is 12.2 Å². The van der Waals surface area contributed by atoms with Crippen molar-refractivity contribution < 1.29 is 13.6 Å².